The molecule has 0 bridgehead atoms. The lowest BCUT2D eigenvalue weighted by atomic mass is 10.1. The number of benzene rings is 2. The van der Waals surface area contributed by atoms with Crippen LogP contribution in [0, 0.1) is 10.1 Å². The highest BCUT2D eigenvalue weighted by molar-refractivity contribution is 6.42. The Hall–Kier alpha value is -2.94. The molecule has 8 nitrogen and oxygen atoms in total. The Labute approximate surface area is 195 Å². The maximum atomic E-state index is 13.0. The van der Waals surface area contributed by atoms with Gasteiger partial charge in [0.25, 0.3) is 11.6 Å². The summed E-state index contributed by atoms with van der Waals surface area (Å²) in [6.45, 7) is 4.85. The molecule has 2 aliphatic rings. The molecular weight excluding hydrogens is 453 g/mol. The first-order chi connectivity index (χ1) is 15.2. The molecule has 2 heterocycles. The van der Waals surface area contributed by atoms with Crippen LogP contribution >= 0.6 is 23.2 Å². The fourth-order valence-electron chi connectivity index (χ4n) is 3.73. The first-order valence-electron chi connectivity index (χ1n) is 10.0. The van der Waals surface area contributed by atoms with E-state index in [2.05, 4.69) is 10.0 Å². The van der Waals surface area contributed by atoms with Crippen molar-refractivity contribution in [3.63, 3.8) is 0 Å². The fourth-order valence-corrected chi connectivity index (χ4v) is 4.03. The standard InChI is InChI=1S/C22H21Cl2N5O3/c1-14-17(22(30)28(25-14)16-4-5-18(23)19(24)13-16)11-15-3-6-20(21(12-15)29(31)32)27-9-7-26(2)8-10-27/h3-6,11-13H,7-10H2,1-2H3/b17-11+. The van der Waals surface area contributed by atoms with E-state index in [0.29, 0.717) is 38.3 Å². The quantitative estimate of drug-likeness (QED) is 0.371. The number of nitrogens with zero attached hydrogens (tertiary/aromatic N) is 5. The number of amides is 1. The summed E-state index contributed by atoms with van der Waals surface area (Å²) in [7, 11) is 2.03. The summed E-state index contributed by atoms with van der Waals surface area (Å²) in [4.78, 5) is 28.6. The lowest BCUT2D eigenvalue weighted by molar-refractivity contribution is -0.384. The van der Waals surface area contributed by atoms with Crippen LogP contribution in [0.2, 0.25) is 10.0 Å². The largest absolute Gasteiger partial charge is 0.363 e. The van der Waals surface area contributed by atoms with Crippen molar-refractivity contribution < 1.29 is 9.72 Å². The van der Waals surface area contributed by atoms with Crippen LogP contribution in [0.3, 0.4) is 0 Å². The van der Waals surface area contributed by atoms with Crippen LogP contribution in [0.4, 0.5) is 17.1 Å². The van der Waals surface area contributed by atoms with Gasteiger partial charge < -0.3 is 9.80 Å². The van der Waals surface area contributed by atoms with Gasteiger partial charge in [-0.3, -0.25) is 14.9 Å². The van der Waals surface area contributed by atoms with E-state index in [0.717, 1.165) is 26.2 Å². The first kappa shape index (κ1) is 22.3. The molecule has 1 fully saturated rings. The van der Waals surface area contributed by atoms with Crippen molar-refractivity contribution in [1.29, 1.82) is 0 Å². The number of anilines is 2. The normalized spacial score (nSPS) is 18.4. The van der Waals surface area contributed by atoms with Gasteiger partial charge in [-0.25, -0.2) is 0 Å². The summed E-state index contributed by atoms with van der Waals surface area (Å²) < 4.78 is 0. The minimum Gasteiger partial charge on any atom is -0.363 e. The Morgan fingerprint density at radius 2 is 1.78 bits per heavy atom. The van der Waals surface area contributed by atoms with Gasteiger partial charge in [0.2, 0.25) is 0 Å². The van der Waals surface area contributed by atoms with Crippen LogP contribution in [0.25, 0.3) is 6.08 Å². The second-order valence-corrected chi connectivity index (χ2v) is 8.57. The molecule has 0 atom stereocenters. The molecular formula is C22H21Cl2N5O3. The molecule has 0 unspecified atom stereocenters. The molecule has 2 aromatic carbocycles. The Kier molecular flexibility index (Phi) is 6.19. The summed E-state index contributed by atoms with van der Waals surface area (Å²) in [5.74, 6) is -0.341. The Bertz CT molecular complexity index is 1160. The Balaban J connectivity index is 1.64. The Morgan fingerprint density at radius 3 is 2.44 bits per heavy atom. The predicted octanol–water partition coefficient (Wildman–Crippen LogP) is 4.46. The molecule has 0 spiro atoms. The van der Waals surface area contributed by atoms with Crippen LogP contribution in [-0.4, -0.2) is 54.7 Å². The number of carbonyl (C=O) groups is 1. The zero-order valence-corrected chi connectivity index (χ0v) is 19.1. The van der Waals surface area contributed by atoms with E-state index in [1.54, 1.807) is 43.3 Å². The molecule has 166 valence electrons. The third-order valence-corrected chi connectivity index (χ3v) is 6.30. The molecule has 0 aromatic heterocycles. The van der Waals surface area contributed by atoms with Gasteiger partial charge in [-0.1, -0.05) is 29.3 Å². The average molecular weight is 474 g/mol. The Morgan fingerprint density at radius 1 is 1.06 bits per heavy atom. The van der Waals surface area contributed by atoms with Gasteiger partial charge in [0.05, 0.1) is 31.9 Å². The summed E-state index contributed by atoms with van der Waals surface area (Å²) in [6, 6.07) is 9.86. The molecule has 10 heteroatoms. The van der Waals surface area contributed by atoms with Crippen LogP contribution in [0.5, 0.6) is 0 Å². The number of rotatable bonds is 4. The third kappa shape index (κ3) is 4.34. The van der Waals surface area contributed by atoms with Gasteiger partial charge in [0.1, 0.15) is 5.69 Å². The van der Waals surface area contributed by atoms with Gasteiger partial charge in [0.15, 0.2) is 0 Å². The van der Waals surface area contributed by atoms with E-state index in [1.165, 1.54) is 11.1 Å². The second kappa shape index (κ2) is 8.90. The monoisotopic (exact) mass is 473 g/mol. The van der Waals surface area contributed by atoms with E-state index in [1.807, 2.05) is 11.9 Å². The molecule has 0 saturated carbocycles. The molecule has 0 N–H and O–H groups in total. The van der Waals surface area contributed by atoms with Gasteiger partial charge in [-0.2, -0.15) is 10.1 Å². The second-order valence-electron chi connectivity index (χ2n) is 7.75. The zero-order chi connectivity index (χ0) is 23.0. The van der Waals surface area contributed by atoms with E-state index >= 15 is 0 Å². The maximum absolute atomic E-state index is 13.0. The van der Waals surface area contributed by atoms with Crippen molar-refractivity contribution in [2.75, 3.05) is 43.1 Å². The van der Waals surface area contributed by atoms with E-state index in [4.69, 9.17) is 23.2 Å². The number of hydrogen-bond donors (Lipinski definition) is 0. The van der Waals surface area contributed by atoms with Crippen molar-refractivity contribution in [2.24, 2.45) is 5.10 Å². The number of piperazine rings is 1. The van der Waals surface area contributed by atoms with Gasteiger partial charge in [0, 0.05) is 32.2 Å². The van der Waals surface area contributed by atoms with Crippen LogP contribution in [-0.2, 0) is 4.79 Å². The zero-order valence-electron chi connectivity index (χ0n) is 17.6. The average Bonchev–Trinajstić information content (AvgIpc) is 3.04. The van der Waals surface area contributed by atoms with Gasteiger partial charge in [-0.05, 0) is 49.9 Å². The summed E-state index contributed by atoms with van der Waals surface area (Å²) in [5.41, 5.74) is 2.52. The maximum Gasteiger partial charge on any atom is 0.293 e. The molecule has 1 amide bonds. The predicted molar refractivity (Wildman–Crippen MR) is 128 cm³/mol. The van der Waals surface area contributed by atoms with Crippen LogP contribution in [0.1, 0.15) is 12.5 Å². The number of likely N-dealkylation sites (N-methyl/N-ethyl adjacent to an activating group) is 1. The highest BCUT2D eigenvalue weighted by Crippen LogP contribution is 2.33. The van der Waals surface area contributed by atoms with Crippen LogP contribution in [0.15, 0.2) is 47.1 Å². The summed E-state index contributed by atoms with van der Waals surface area (Å²) in [6.07, 6.45) is 1.62. The number of hydrogen-bond acceptors (Lipinski definition) is 6. The highest BCUT2D eigenvalue weighted by Gasteiger charge is 2.30. The van der Waals surface area contributed by atoms with Gasteiger partial charge in [-0.15, -0.1) is 0 Å². The summed E-state index contributed by atoms with van der Waals surface area (Å²) in [5, 5.41) is 18.0. The van der Waals surface area contributed by atoms with Crippen LogP contribution < -0.4 is 9.91 Å². The lowest BCUT2D eigenvalue weighted by Crippen LogP contribution is -2.44. The topological polar surface area (TPSA) is 82.3 Å². The molecule has 4 rings (SSSR count). The molecule has 1 saturated heterocycles. The van der Waals surface area contributed by atoms with Crippen molar-refractivity contribution in [1.82, 2.24) is 4.90 Å². The number of carbonyl (C=O) groups excluding carboxylic acids is 1. The number of nitro groups is 1. The minimum atomic E-state index is -0.380. The van der Waals surface area contributed by atoms with Crippen molar-refractivity contribution in [3.8, 4) is 0 Å². The minimum absolute atomic E-state index is 0.0188. The summed E-state index contributed by atoms with van der Waals surface area (Å²) >= 11 is 12.0. The number of hydrazone groups is 1. The molecule has 32 heavy (non-hydrogen) atoms. The van der Waals surface area contributed by atoms with Crippen molar-refractivity contribution in [3.05, 3.63) is 67.7 Å². The molecule has 2 aliphatic heterocycles. The van der Waals surface area contributed by atoms with E-state index in [-0.39, 0.29) is 16.5 Å². The molecule has 0 radical (unpaired) electrons. The lowest BCUT2D eigenvalue weighted by Gasteiger charge is -2.33. The third-order valence-electron chi connectivity index (χ3n) is 5.56. The van der Waals surface area contributed by atoms with Gasteiger partial charge >= 0.3 is 0 Å². The van der Waals surface area contributed by atoms with E-state index < -0.39 is 0 Å². The smallest absolute Gasteiger partial charge is 0.293 e. The number of nitro benzene ring substituents is 1. The fraction of sp³-hybridized carbons (Fsp3) is 0.273. The van der Waals surface area contributed by atoms with Crippen molar-refractivity contribution >= 4 is 58.0 Å². The van der Waals surface area contributed by atoms with E-state index in [9.17, 15) is 14.9 Å². The molecule has 0 aliphatic carbocycles. The van der Waals surface area contributed by atoms with Crippen molar-refractivity contribution in [2.45, 2.75) is 6.92 Å². The SMILES string of the molecule is CC1=NN(c2ccc(Cl)c(Cl)c2)C(=O)/C1=C/c1ccc(N2CCN(C)CC2)c([N+](=O)[O-])c1. The molecule has 2 aromatic rings. The number of halogens is 2. The highest BCUT2D eigenvalue weighted by atomic mass is 35.5. The first-order valence-corrected chi connectivity index (χ1v) is 10.8.